The smallest absolute Gasteiger partial charge is 0.320 e. The highest BCUT2D eigenvalue weighted by atomic mass is 16.5. The second-order valence-corrected chi connectivity index (χ2v) is 7.53. The van der Waals surface area contributed by atoms with Crippen LogP contribution in [0, 0.1) is 0 Å². The lowest BCUT2D eigenvalue weighted by atomic mass is 10.1. The second kappa shape index (κ2) is 17.5. The van der Waals surface area contributed by atoms with Gasteiger partial charge in [0.05, 0.1) is 7.11 Å². The van der Waals surface area contributed by atoms with Crippen LogP contribution < -0.4 is 26.7 Å². The minimum Gasteiger partial charge on any atom is -0.508 e. The predicted molar refractivity (Wildman–Crippen MR) is 139 cm³/mol. The minimum absolute atomic E-state index is 0.278. The molecule has 0 amide bonds. The van der Waals surface area contributed by atoms with E-state index in [4.69, 9.17) is 36.9 Å². The number of carbonyl (C=O) groups excluding carboxylic acids is 1. The molecule has 0 heterocycles. The molecule has 0 spiro atoms. The molecule has 194 valence electrons. The molecule has 0 radical (unpaired) electrons. The molecule has 9 nitrogen and oxygen atoms in total. The lowest BCUT2D eigenvalue weighted by Crippen LogP contribution is -2.29. The molecule has 0 saturated carbocycles. The summed E-state index contributed by atoms with van der Waals surface area (Å²) >= 11 is 0. The molecule has 8 N–H and O–H groups in total. The maximum atomic E-state index is 10.6. The van der Waals surface area contributed by atoms with E-state index in [1.165, 1.54) is 0 Å². The number of rotatable bonds is 10. The van der Waals surface area contributed by atoms with Crippen LogP contribution in [0.5, 0.6) is 23.0 Å². The Hall–Kier alpha value is -3.92. The number of nitrogens with two attached hydrogens (primary N) is 3. The fourth-order valence-electron chi connectivity index (χ4n) is 2.75. The SMILES string of the molecule is COc1ccc(Oc2cccc(C=O)c2)cc1.NCCCC[C@H](N)C(=O)O.NCc1ccccc1O. The quantitative estimate of drug-likeness (QED) is 0.207. The average Bonchev–Trinajstić information content (AvgIpc) is 2.90. The first kappa shape index (κ1) is 30.1. The molecule has 0 aliphatic carbocycles. The second-order valence-electron chi connectivity index (χ2n) is 7.53. The zero-order valence-electron chi connectivity index (χ0n) is 20.4. The Morgan fingerprint density at radius 3 is 2.14 bits per heavy atom. The summed E-state index contributed by atoms with van der Waals surface area (Å²) in [6.45, 7) is 0.999. The average molecular weight is 498 g/mol. The highest BCUT2D eigenvalue weighted by molar-refractivity contribution is 5.75. The fourth-order valence-corrected chi connectivity index (χ4v) is 2.75. The molecule has 0 bridgehead atoms. The van der Waals surface area contributed by atoms with Crippen molar-refractivity contribution in [3.8, 4) is 23.0 Å². The van der Waals surface area contributed by atoms with E-state index in [2.05, 4.69) is 0 Å². The topological polar surface area (TPSA) is 171 Å². The van der Waals surface area contributed by atoms with Crippen molar-refractivity contribution in [1.82, 2.24) is 0 Å². The Morgan fingerprint density at radius 1 is 0.944 bits per heavy atom. The van der Waals surface area contributed by atoms with Crippen molar-refractivity contribution in [2.24, 2.45) is 17.2 Å². The maximum absolute atomic E-state index is 10.6. The van der Waals surface area contributed by atoms with Gasteiger partial charge in [-0.05, 0) is 61.9 Å². The first-order valence-corrected chi connectivity index (χ1v) is 11.4. The van der Waals surface area contributed by atoms with Crippen LogP contribution in [-0.4, -0.2) is 42.2 Å². The molecule has 3 aromatic carbocycles. The van der Waals surface area contributed by atoms with E-state index in [9.17, 15) is 9.59 Å². The first-order valence-electron chi connectivity index (χ1n) is 11.4. The van der Waals surface area contributed by atoms with E-state index >= 15 is 0 Å². The third kappa shape index (κ3) is 12.0. The Kier molecular flexibility index (Phi) is 14.6. The van der Waals surface area contributed by atoms with Gasteiger partial charge in [0.15, 0.2) is 0 Å². The Morgan fingerprint density at radius 2 is 1.61 bits per heavy atom. The van der Waals surface area contributed by atoms with Gasteiger partial charge in [-0.2, -0.15) is 0 Å². The lowest BCUT2D eigenvalue weighted by Gasteiger charge is -2.06. The number of carbonyl (C=O) groups is 2. The van der Waals surface area contributed by atoms with E-state index in [0.29, 0.717) is 36.6 Å². The molecular weight excluding hydrogens is 462 g/mol. The number of para-hydroxylation sites is 1. The third-order valence-electron chi connectivity index (χ3n) is 4.79. The number of ether oxygens (including phenoxy) is 2. The van der Waals surface area contributed by atoms with Crippen LogP contribution in [0.15, 0.2) is 72.8 Å². The van der Waals surface area contributed by atoms with Gasteiger partial charge >= 0.3 is 5.97 Å². The third-order valence-corrected chi connectivity index (χ3v) is 4.79. The van der Waals surface area contributed by atoms with Crippen molar-refractivity contribution in [2.45, 2.75) is 31.8 Å². The zero-order valence-corrected chi connectivity index (χ0v) is 20.4. The maximum Gasteiger partial charge on any atom is 0.320 e. The van der Waals surface area contributed by atoms with Crippen LogP contribution in [0.25, 0.3) is 0 Å². The van der Waals surface area contributed by atoms with Gasteiger partial charge in [-0.25, -0.2) is 0 Å². The van der Waals surface area contributed by atoms with Gasteiger partial charge in [-0.1, -0.05) is 36.8 Å². The predicted octanol–water partition coefficient (Wildman–Crippen LogP) is 3.68. The van der Waals surface area contributed by atoms with Crippen molar-refractivity contribution in [3.63, 3.8) is 0 Å². The van der Waals surface area contributed by atoms with E-state index in [1.807, 2.05) is 30.3 Å². The number of aliphatic carboxylic acids is 1. The number of aldehydes is 1. The first-order chi connectivity index (χ1) is 17.3. The molecule has 0 unspecified atom stereocenters. The monoisotopic (exact) mass is 497 g/mol. The van der Waals surface area contributed by atoms with Gasteiger partial charge in [0.1, 0.15) is 35.3 Å². The van der Waals surface area contributed by atoms with Crippen molar-refractivity contribution in [3.05, 3.63) is 83.9 Å². The van der Waals surface area contributed by atoms with Crippen LogP contribution >= 0.6 is 0 Å². The van der Waals surface area contributed by atoms with Crippen LogP contribution in [-0.2, 0) is 11.3 Å². The lowest BCUT2D eigenvalue weighted by molar-refractivity contribution is -0.138. The molecule has 1 atom stereocenters. The Labute approximate surface area is 211 Å². The summed E-state index contributed by atoms with van der Waals surface area (Å²) in [4.78, 5) is 20.8. The molecule has 0 aliphatic rings. The van der Waals surface area contributed by atoms with E-state index < -0.39 is 12.0 Å². The molecule has 3 aromatic rings. The van der Waals surface area contributed by atoms with Crippen molar-refractivity contribution in [2.75, 3.05) is 13.7 Å². The molecular formula is C27H35N3O6. The van der Waals surface area contributed by atoms with Gasteiger partial charge < -0.3 is 36.9 Å². The fraction of sp³-hybridized carbons (Fsp3) is 0.259. The van der Waals surface area contributed by atoms with E-state index in [-0.39, 0.29) is 5.75 Å². The van der Waals surface area contributed by atoms with Crippen LogP contribution in [0.4, 0.5) is 0 Å². The number of unbranched alkanes of at least 4 members (excludes halogenated alkanes) is 1. The van der Waals surface area contributed by atoms with Crippen LogP contribution in [0.1, 0.15) is 35.2 Å². The minimum atomic E-state index is -0.933. The van der Waals surface area contributed by atoms with Crippen molar-refractivity contribution in [1.29, 1.82) is 0 Å². The van der Waals surface area contributed by atoms with Gasteiger partial charge in [-0.15, -0.1) is 0 Å². The summed E-state index contributed by atoms with van der Waals surface area (Å²) in [5, 5.41) is 17.4. The number of hydrogen-bond acceptors (Lipinski definition) is 8. The molecule has 36 heavy (non-hydrogen) atoms. The van der Waals surface area contributed by atoms with Gasteiger partial charge in [0, 0.05) is 17.7 Å². The zero-order chi connectivity index (χ0) is 26.8. The Balaban J connectivity index is 0.000000293. The number of phenols is 1. The summed E-state index contributed by atoms with van der Waals surface area (Å²) in [5.41, 5.74) is 17.1. The molecule has 3 rings (SSSR count). The Bertz CT molecular complexity index is 1040. The number of carboxylic acids is 1. The highest BCUT2D eigenvalue weighted by Gasteiger charge is 2.09. The van der Waals surface area contributed by atoms with Gasteiger partial charge in [0.2, 0.25) is 0 Å². The van der Waals surface area contributed by atoms with Crippen molar-refractivity contribution < 1.29 is 29.3 Å². The van der Waals surface area contributed by atoms with E-state index in [1.54, 1.807) is 49.6 Å². The number of benzene rings is 3. The summed E-state index contributed by atoms with van der Waals surface area (Å²) in [5.74, 6) is 1.46. The number of methoxy groups -OCH3 is 1. The normalized spacial score (nSPS) is 10.6. The standard InChI is InChI=1S/C14H12O3.C7H9NO.C6H14N2O2/c1-16-12-5-7-13(8-6-12)17-14-4-2-3-11(9-14)10-15;8-5-6-3-1-2-4-7(6)9;7-4-2-1-3-5(8)6(9)10/h2-10H,1H3;1-4,9H,5,8H2;5H,1-4,7-8H2,(H,9,10)/t;;5-/m..0/s1. The van der Waals surface area contributed by atoms with Gasteiger partial charge in [-0.3, -0.25) is 9.59 Å². The number of phenolic OH excluding ortho intramolecular Hbond substituents is 1. The summed E-state index contributed by atoms with van der Waals surface area (Å²) in [6, 6.07) is 20.6. The van der Waals surface area contributed by atoms with Crippen LogP contribution in [0.3, 0.4) is 0 Å². The largest absolute Gasteiger partial charge is 0.508 e. The summed E-state index contributed by atoms with van der Waals surface area (Å²) in [6.07, 6.45) is 2.96. The number of hydrogen-bond donors (Lipinski definition) is 5. The molecule has 0 saturated heterocycles. The van der Waals surface area contributed by atoms with Crippen LogP contribution in [0.2, 0.25) is 0 Å². The summed E-state index contributed by atoms with van der Waals surface area (Å²) in [7, 11) is 1.61. The number of carboxylic acid groups (broad SMARTS) is 1. The molecule has 0 aromatic heterocycles. The summed E-state index contributed by atoms with van der Waals surface area (Å²) < 4.78 is 10.7. The molecule has 0 fully saturated rings. The van der Waals surface area contributed by atoms with Crippen molar-refractivity contribution >= 4 is 12.3 Å². The molecule has 0 aliphatic heterocycles. The highest BCUT2D eigenvalue weighted by Crippen LogP contribution is 2.24. The van der Waals surface area contributed by atoms with E-state index in [0.717, 1.165) is 30.4 Å². The van der Waals surface area contributed by atoms with Gasteiger partial charge in [0.25, 0.3) is 0 Å². The molecule has 9 heteroatoms. The number of aromatic hydroxyl groups is 1.